The lowest BCUT2D eigenvalue weighted by atomic mass is 9.85. The number of benzene rings is 1. The lowest BCUT2D eigenvalue weighted by Crippen LogP contribution is -2.48. The Kier molecular flexibility index (Phi) is 4.11. The number of aliphatic carboxylic acids is 2. The Balaban J connectivity index is 2.15. The molecule has 21 heavy (non-hydrogen) atoms. The van der Waals surface area contributed by atoms with Crippen LogP contribution in [0, 0.1) is 11.8 Å². The Hall–Kier alpha value is -2.57. The fourth-order valence-corrected chi connectivity index (χ4v) is 2.47. The third-order valence-electron chi connectivity index (χ3n) is 3.65. The second kappa shape index (κ2) is 5.82. The van der Waals surface area contributed by atoms with Crippen molar-refractivity contribution in [1.82, 2.24) is 4.90 Å². The summed E-state index contributed by atoms with van der Waals surface area (Å²) in [6, 6.07) is 5.62. The largest absolute Gasteiger partial charge is 0.508 e. The van der Waals surface area contributed by atoms with Crippen LogP contribution in [0.1, 0.15) is 16.8 Å². The molecule has 0 aliphatic carbocycles. The smallest absolute Gasteiger partial charge is 0.309 e. The van der Waals surface area contributed by atoms with E-state index < -0.39 is 23.8 Å². The van der Waals surface area contributed by atoms with Gasteiger partial charge in [-0.25, -0.2) is 0 Å². The summed E-state index contributed by atoms with van der Waals surface area (Å²) < 4.78 is 0. The van der Waals surface area contributed by atoms with Crippen LogP contribution in [0.25, 0.3) is 0 Å². The molecule has 7 heteroatoms. The van der Waals surface area contributed by atoms with Crippen LogP contribution in [-0.2, 0) is 9.59 Å². The summed E-state index contributed by atoms with van der Waals surface area (Å²) in [7, 11) is 0. The van der Waals surface area contributed by atoms with Gasteiger partial charge in [0.1, 0.15) is 5.75 Å². The molecular weight excluding hydrogens is 278 g/mol. The Morgan fingerprint density at radius 3 is 2.10 bits per heavy atom. The summed E-state index contributed by atoms with van der Waals surface area (Å²) in [5, 5.41) is 27.4. The second-order valence-electron chi connectivity index (χ2n) is 4.98. The predicted octanol–water partition coefficient (Wildman–Crippen LogP) is 0.640. The van der Waals surface area contributed by atoms with Crippen LogP contribution >= 0.6 is 0 Å². The van der Waals surface area contributed by atoms with E-state index in [9.17, 15) is 19.5 Å². The highest BCUT2D eigenvalue weighted by Crippen LogP contribution is 2.25. The molecule has 0 spiro atoms. The van der Waals surface area contributed by atoms with Gasteiger partial charge in [-0.05, 0) is 30.7 Å². The average molecular weight is 293 g/mol. The van der Waals surface area contributed by atoms with E-state index in [1.54, 1.807) is 0 Å². The third kappa shape index (κ3) is 3.13. The molecular formula is C14H15NO6. The number of amides is 1. The Bertz CT molecular complexity index is 567. The quantitative estimate of drug-likeness (QED) is 0.753. The fraction of sp³-hybridized carbons (Fsp3) is 0.357. The zero-order valence-corrected chi connectivity index (χ0v) is 11.1. The van der Waals surface area contributed by atoms with Crippen LogP contribution < -0.4 is 0 Å². The summed E-state index contributed by atoms with van der Waals surface area (Å²) in [4.78, 5) is 35.8. The monoisotopic (exact) mass is 293 g/mol. The van der Waals surface area contributed by atoms with Gasteiger partial charge in [-0.2, -0.15) is 0 Å². The SMILES string of the molecule is O=C(O)C1CCN(C(=O)c2ccc(O)cc2)CC1C(=O)O. The molecule has 1 heterocycles. The predicted molar refractivity (Wildman–Crippen MR) is 70.9 cm³/mol. The van der Waals surface area contributed by atoms with E-state index in [4.69, 9.17) is 10.2 Å². The molecule has 1 aromatic rings. The van der Waals surface area contributed by atoms with Crippen molar-refractivity contribution < 1.29 is 29.7 Å². The first-order valence-corrected chi connectivity index (χ1v) is 6.44. The number of carboxylic acid groups (broad SMARTS) is 2. The minimum atomic E-state index is -1.22. The first-order chi connectivity index (χ1) is 9.90. The number of aromatic hydroxyl groups is 1. The van der Waals surface area contributed by atoms with Gasteiger partial charge < -0.3 is 20.2 Å². The lowest BCUT2D eigenvalue weighted by molar-refractivity contribution is -0.156. The van der Waals surface area contributed by atoms with Gasteiger partial charge in [0.05, 0.1) is 11.8 Å². The summed E-state index contributed by atoms with van der Waals surface area (Å²) in [6.45, 7) is 0.0620. The van der Waals surface area contributed by atoms with Crippen molar-refractivity contribution in [2.24, 2.45) is 11.8 Å². The van der Waals surface area contributed by atoms with E-state index >= 15 is 0 Å². The fourth-order valence-electron chi connectivity index (χ4n) is 2.47. The highest BCUT2D eigenvalue weighted by molar-refractivity contribution is 5.95. The zero-order valence-electron chi connectivity index (χ0n) is 11.1. The van der Waals surface area contributed by atoms with Gasteiger partial charge in [-0.3, -0.25) is 14.4 Å². The minimum absolute atomic E-state index is 0.0274. The maximum Gasteiger partial charge on any atom is 0.309 e. The van der Waals surface area contributed by atoms with Crippen molar-refractivity contribution in [3.8, 4) is 5.75 Å². The topological polar surface area (TPSA) is 115 Å². The van der Waals surface area contributed by atoms with E-state index in [1.165, 1.54) is 29.2 Å². The summed E-state index contributed by atoms with van der Waals surface area (Å²) in [6.07, 6.45) is 0.107. The normalized spacial score (nSPS) is 21.8. The van der Waals surface area contributed by atoms with Gasteiger partial charge in [0.15, 0.2) is 0 Å². The van der Waals surface area contributed by atoms with Crippen LogP contribution in [-0.4, -0.2) is 51.2 Å². The van der Waals surface area contributed by atoms with Gasteiger partial charge in [-0.15, -0.1) is 0 Å². The number of piperidine rings is 1. The van der Waals surface area contributed by atoms with Crippen molar-refractivity contribution in [2.75, 3.05) is 13.1 Å². The summed E-state index contributed by atoms with van der Waals surface area (Å²) >= 11 is 0. The maximum absolute atomic E-state index is 12.3. The Morgan fingerprint density at radius 1 is 1.00 bits per heavy atom. The van der Waals surface area contributed by atoms with Crippen LogP contribution in [0.4, 0.5) is 0 Å². The number of carboxylic acids is 2. The van der Waals surface area contributed by atoms with E-state index in [1.807, 2.05) is 0 Å². The van der Waals surface area contributed by atoms with Gasteiger partial charge in [0.25, 0.3) is 5.91 Å². The number of nitrogens with zero attached hydrogens (tertiary/aromatic N) is 1. The lowest BCUT2D eigenvalue weighted by Gasteiger charge is -2.34. The molecule has 1 saturated heterocycles. The number of likely N-dealkylation sites (tertiary alicyclic amines) is 1. The van der Waals surface area contributed by atoms with E-state index in [2.05, 4.69) is 0 Å². The summed E-state index contributed by atoms with van der Waals surface area (Å²) in [5.74, 6) is -4.81. The first kappa shape index (κ1) is 14.8. The standard InChI is InChI=1S/C14H15NO6/c16-9-3-1-8(2-4-9)12(17)15-6-5-10(13(18)19)11(7-15)14(20)21/h1-4,10-11,16H,5-7H2,(H,18,19)(H,20,21). The van der Waals surface area contributed by atoms with Crippen molar-refractivity contribution in [2.45, 2.75) is 6.42 Å². The maximum atomic E-state index is 12.3. The van der Waals surface area contributed by atoms with Crippen molar-refractivity contribution in [3.05, 3.63) is 29.8 Å². The van der Waals surface area contributed by atoms with Gasteiger partial charge in [0, 0.05) is 18.7 Å². The first-order valence-electron chi connectivity index (χ1n) is 6.44. The number of hydrogen-bond acceptors (Lipinski definition) is 4. The number of hydrogen-bond donors (Lipinski definition) is 3. The molecule has 0 bridgehead atoms. The van der Waals surface area contributed by atoms with Gasteiger partial charge in [-0.1, -0.05) is 0 Å². The zero-order chi connectivity index (χ0) is 15.6. The van der Waals surface area contributed by atoms with Gasteiger partial charge in [0.2, 0.25) is 0 Å². The molecule has 1 aliphatic rings. The highest BCUT2D eigenvalue weighted by Gasteiger charge is 2.40. The minimum Gasteiger partial charge on any atom is -0.508 e. The molecule has 112 valence electrons. The van der Waals surface area contributed by atoms with Crippen molar-refractivity contribution in [3.63, 3.8) is 0 Å². The highest BCUT2D eigenvalue weighted by atomic mass is 16.4. The van der Waals surface area contributed by atoms with Crippen LogP contribution in [0.2, 0.25) is 0 Å². The molecule has 7 nitrogen and oxygen atoms in total. The second-order valence-corrected chi connectivity index (χ2v) is 4.98. The van der Waals surface area contributed by atoms with Crippen LogP contribution in [0.5, 0.6) is 5.75 Å². The molecule has 1 fully saturated rings. The molecule has 1 aromatic carbocycles. The number of phenols is 1. The Morgan fingerprint density at radius 2 is 1.57 bits per heavy atom. The molecule has 3 N–H and O–H groups in total. The molecule has 1 aliphatic heterocycles. The number of phenolic OH excluding ortho intramolecular Hbond substituents is 1. The van der Waals surface area contributed by atoms with E-state index in [0.29, 0.717) is 5.56 Å². The van der Waals surface area contributed by atoms with Crippen molar-refractivity contribution >= 4 is 17.8 Å². The molecule has 1 amide bonds. The Labute approximate surface area is 120 Å². The van der Waals surface area contributed by atoms with Gasteiger partial charge >= 0.3 is 11.9 Å². The number of carbonyl (C=O) groups excluding carboxylic acids is 1. The third-order valence-corrected chi connectivity index (χ3v) is 3.65. The molecule has 2 unspecified atom stereocenters. The number of rotatable bonds is 3. The van der Waals surface area contributed by atoms with Crippen LogP contribution in [0.15, 0.2) is 24.3 Å². The van der Waals surface area contributed by atoms with Crippen LogP contribution in [0.3, 0.4) is 0 Å². The summed E-state index contributed by atoms with van der Waals surface area (Å²) in [5.41, 5.74) is 0.325. The molecule has 0 radical (unpaired) electrons. The molecule has 0 aromatic heterocycles. The molecule has 0 saturated carbocycles. The number of carbonyl (C=O) groups is 3. The average Bonchev–Trinajstić information content (AvgIpc) is 2.46. The molecule has 2 atom stereocenters. The van der Waals surface area contributed by atoms with E-state index in [0.717, 1.165) is 0 Å². The van der Waals surface area contributed by atoms with Crippen molar-refractivity contribution in [1.29, 1.82) is 0 Å². The van der Waals surface area contributed by atoms with E-state index in [-0.39, 0.29) is 31.2 Å². The molecule has 2 rings (SSSR count).